The first-order valence-electron chi connectivity index (χ1n) is 8.49. The molecule has 1 aromatic carbocycles. The van der Waals surface area contributed by atoms with E-state index in [1.807, 2.05) is 43.1 Å². The van der Waals surface area contributed by atoms with Gasteiger partial charge in [-0.1, -0.05) is 23.7 Å². The van der Waals surface area contributed by atoms with Crippen LogP contribution in [0.4, 0.5) is 0 Å². The van der Waals surface area contributed by atoms with E-state index < -0.39 is 0 Å². The molecule has 0 aliphatic carbocycles. The fraction of sp³-hybridized carbons (Fsp3) is 0.368. The van der Waals surface area contributed by atoms with E-state index in [2.05, 4.69) is 15.6 Å². The number of halogens is 2. The van der Waals surface area contributed by atoms with Gasteiger partial charge < -0.3 is 20.0 Å². The standard InChI is InChI=1S/C19H25ClN4O2.HI/c1-14-9-12-26-17(14)18(25)22-10-4-11-23-19(21-2)24(3)13-15-5-7-16(20)8-6-15;/h5-9,12H,4,10-11,13H2,1-3H3,(H,21,23)(H,22,25);1H. The lowest BCUT2D eigenvalue weighted by atomic mass is 10.2. The zero-order valence-electron chi connectivity index (χ0n) is 15.8. The van der Waals surface area contributed by atoms with Crippen LogP contribution in [0.25, 0.3) is 0 Å². The Labute approximate surface area is 182 Å². The fourth-order valence-corrected chi connectivity index (χ4v) is 2.63. The van der Waals surface area contributed by atoms with Gasteiger partial charge in [-0.3, -0.25) is 9.79 Å². The molecule has 1 aromatic heterocycles. The Balaban J connectivity index is 0.00000364. The summed E-state index contributed by atoms with van der Waals surface area (Å²) in [6.45, 7) is 3.84. The van der Waals surface area contributed by atoms with Gasteiger partial charge >= 0.3 is 0 Å². The van der Waals surface area contributed by atoms with Gasteiger partial charge in [0.1, 0.15) is 0 Å². The van der Waals surface area contributed by atoms with Gasteiger partial charge in [-0.05, 0) is 37.1 Å². The van der Waals surface area contributed by atoms with Crippen LogP contribution in [0.1, 0.15) is 28.1 Å². The summed E-state index contributed by atoms with van der Waals surface area (Å²) in [5.41, 5.74) is 1.99. The van der Waals surface area contributed by atoms with E-state index in [-0.39, 0.29) is 29.9 Å². The molecule has 0 bridgehead atoms. The Morgan fingerprint density at radius 2 is 1.85 bits per heavy atom. The van der Waals surface area contributed by atoms with Crippen LogP contribution >= 0.6 is 35.6 Å². The highest BCUT2D eigenvalue weighted by Gasteiger charge is 2.11. The van der Waals surface area contributed by atoms with E-state index >= 15 is 0 Å². The van der Waals surface area contributed by atoms with E-state index in [0.29, 0.717) is 18.8 Å². The van der Waals surface area contributed by atoms with Crippen LogP contribution in [-0.2, 0) is 6.54 Å². The number of carbonyl (C=O) groups excluding carboxylic acids is 1. The smallest absolute Gasteiger partial charge is 0.287 e. The van der Waals surface area contributed by atoms with E-state index in [1.165, 1.54) is 6.26 Å². The van der Waals surface area contributed by atoms with Gasteiger partial charge in [0.15, 0.2) is 11.7 Å². The van der Waals surface area contributed by atoms with Crippen molar-refractivity contribution in [1.29, 1.82) is 0 Å². The predicted molar refractivity (Wildman–Crippen MR) is 120 cm³/mol. The second-order valence-corrected chi connectivity index (χ2v) is 6.44. The SMILES string of the molecule is CN=C(NCCCNC(=O)c1occc1C)N(C)Cc1ccc(Cl)cc1.I. The van der Waals surface area contributed by atoms with E-state index in [9.17, 15) is 4.79 Å². The average Bonchev–Trinajstić information content (AvgIpc) is 3.06. The molecule has 0 aliphatic heterocycles. The van der Waals surface area contributed by atoms with Crippen molar-refractivity contribution >= 4 is 47.4 Å². The lowest BCUT2D eigenvalue weighted by Gasteiger charge is -2.22. The first-order valence-corrected chi connectivity index (χ1v) is 8.87. The first-order chi connectivity index (χ1) is 12.5. The quantitative estimate of drug-likeness (QED) is 0.261. The molecular weight excluding hydrogens is 479 g/mol. The van der Waals surface area contributed by atoms with Crippen LogP contribution in [0.15, 0.2) is 46.0 Å². The molecule has 0 radical (unpaired) electrons. The number of hydrogen-bond donors (Lipinski definition) is 2. The number of nitrogens with one attached hydrogen (secondary N) is 2. The minimum atomic E-state index is -0.184. The molecule has 0 fully saturated rings. The number of nitrogens with zero attached hydrogens (tertiary/aromatic N) is 2. The highest BCUT2D eigenvalue weighted by atomic mass is 127. The highest BCUT2D eigenvalue weighted by molar-refractivity contribution is 14.0. The maximum Gasteiger partial charge on any atom is 0.287 e. The monoisotopic (exact) mass is 504 g/mol. The molecule has 0 atom stereocenters. The van der Waals surface area contributed by atoms with Gasteiger partial charge in [0.25, 0.3) is 5.91 Å². The molecule has 8 heteroatoms. The summed E-state index contributed by atoms with van der Waals surface area (Å²) in [4.78, 5) is 18.3. The number of hydrogen-bond acceptors (Lipinski definition) is 3. The largest absolute Gasteiger partial charge is 0.459 e. The minimum Gasteiger partial charge on any atom is -0.459 e. The van der Waals surface area contributed by atoms with Crippen molar-refractivity contribution in [2.45, 2.75) is 19.9 Å². The molecule has 2 aromatic rings. The van der Waals surface area contributed by atoms with Crippen LogP contribution in [0, 0.1) is 6.92 Å². The third-order valence-electron chi connectivity index (χ3n) is 3.90. The predicted octanol–water partition coefficient (Wildman–Crippen LogP) is 3.69. The number of rotatable bonds is 7. The number of furan rings is 1. The zero-order valence-corrected chi connectivity index (χ0v) is 18.9. The lowest BCUT2D eigenvalue weighted by Crippen LogP contribution is -2.39. The Hall–Kier alpha value is -1.74. The highest BCUT2D eigenvalue weighted by Crippen LogP contribution is 2.11. The molecular formula is C19H26ClIN4O2. The molecule has 27 heavy (non-hydrogen) atoms. The van der Waals surface area contributed by atoms with Gasteiger partial charge in [0.05, 0.1) is 6.26 Å². The molecule has 1 amide bonds. The minimum absolute atomic E-state index is 0. The van der Waals surface area contributed by atoms with Crippen LogP contribution in [0.2, 0.25) is 5.02 Å². The Bertz CT molecular complexity index is 746. The molecule has 0 saturated carbocycles. The van der Waals surface area contributed by atoms with Gasteiger partial charge in [-0.25, -0.2) is 0 Å². The summed E-state index contributed by atoms with van der Waals surface area (Å²) in [6, 6.07) is 9.53. The van der Waals surface area contributed by atoms with Crippen LogP contribution in [0.5, 0.6) is 0 Å². The summed E-state index contributed by atoms with van der Waals surface area (Å²) in [6.07, 6.45) is 2.30. The van der Waals surface area contributed by atoms with Crippen molar-refractivity contribution in [2.24, 2.45) is 4.99 Å². The topological polar surface area (TPSA) is 69.9 Å². The van der Waals surface area contributed by atoms with Gasteiger partial charge in [-0.15, -0.1) is 24.0 Å². The lowest BCUT2D eigenvalue weighted by molar-refractivity contribution is 0.0925. The number of benzene rings is 1. The Morgan fingerprint density at radius 3 is 2.44 bits per heavy atom. The number of amides is 1. The molecule has 0 unspecified atom stereocenters. The summed E-state index contributed by atoms with van der Waals surface area (Å²) in [5, 5.41) is 6.88. The second kappa shape index (κ2) is 11.9. The molecule has 2 N–H and O–H groups in total. The molecule has 1 heterocycles. The number of aryl methyl sites for hydroxylation is 1. The summed E-state index contributed by atoms with van der Waals surface area (Å²) >= 11 is 5.91. The Kier molecular flexibility index (Phi) is 10.2. The molecule has 0 spiro atoms. The molecule has 0 aliphatic rings. The number of carbonyl (C=O) groups is 1. The maximum absolute atomic E-state index is 11.9. The van der Waals surface area contributed by atoms with E-state index in [0.717, 1.165) is 35.1 Å². The van der Waals surface area contributed by atoms with E-state index in [4.69, 9.17) is 16.0 Å². The van der Waals surface area contributed by atoms with Crippen molar-refractivity contribution in [3.8, 4) is 0 Å². The second-order valence-electron chi connectivity index (χ2n) is 6.00. The van der Waals surface area contributed by atoms with Crippen molar-refractivity contribution in [3.05, 3.63) is 58.5 Å². The van der Waals surface area contributed by atoms with Crippen LogP contribution in [-0.4, -0.2) is 44.0 Å². The molecule has 6 nitrogen and oxygen atoms in total. The van der Waals surface area contributed by atoms with Crippen LogP contribution < -0.4 is 10.6 Å². The summed E-state index contributed by atoms with van der Waals surface area (Å²) in [7, 11) is 3.73. The average molecular weight is 505 g/mol. The van der Waals surface area contributed by atoms with Gasteiger partial charge in [-0.2, -0.15) is 0 Å². The normalized spacial score (nSPS) is 10.9. The number of aliphatic imine (C=N–C) groups is 1. The fourth-order valence-electron chi connectivity index (χ4n) is 2.50. The maximum atomic E-state index is 11.9. The van der Waals surface area contributed by atoms with Crippen molar-refractivity contribution < 1.29 is 9.21 Å². The van der Waals surface area contributed by atoms with Crippen molar-refractivity contribution in [1.82, 2.24) is 15.5 Å². The molecule has 148 valence electrons. The summed E-state index contributed by atoms with van der Waals surface area (Å²) < 4.78 is 5.17. The summed E-state index contributed by atoms with van der Waals surface area (Å²) in [5.74, 6) is 0.987. The molecule has 0 saturated heterocycles. The first kappa shape index (κ1) is 23.3. The molecule has 2 rings (SSSR count). The van der Waals surface area contributed by atoms with Crippen molar-refractivity contribution in [2.75, 3.05) is 27.2 Å². The Morgan fingerprint density at radius 1 is 1.19 bits per heavy atom. The van der Waals surface area contributed by atoms with E-state index in [1.54, 1.807) is 13.1 Å². The van der Waals surface area contributed by atoms with Gasteiger partial charge in [0, 0.05) is 44.3 Å². The third kappa shape index (κ3) is 7.42. The van der Waals surface area contributed by atoms with Crippen molar-refractivity contribution in [3.63, 3.8) is 0 Å². The zero-order chi connectivity index (χ0) is 18.9. The third-order valence-corrected chi connectivity index (χ3v) is 4.15. The van der Waals surface area contributed by atoms with Crippen LogP contribution in [0.3, 0.4) is 0 Å². The number of guanidine groups is 1. The van der Waals surface area contributed by atoms with Gasteiger partial charge in [0.2, 0.25) is 0 Å².